The summed E-state index contributed by atoms with van der Waals surface area (Å²) in [6, 6.07) is 2.04. The standard InChI is InChI=1S/C11H14BrNO3/c1-3-8-7(5-13-14-2)4-9(12)11-10(8)15-6-16-11/h4,13H,3,5-6H2,1-2H3. The molecular weight excluding hydrogens is 274 g/mol. The molecule has 0 aromatic heterocycles. The predicted molar refractivity (Wildman–Crippen MR) is 63.5 cm³/mol. The monoisotopic (exact) mass is 287 g/mol. The number of halogens is 1. The molecule has 1 N–H and O–H groups in total. The summed E-state index contributed by atoms with van der Waals surface area (Å²) < 4.78 is 11.8. The second kappa shape index (κ2) is 5.03. The molecule has 0 unspecified atom stereocenters. The smallest absolute Gasteiger partial charge is 0.231 e. The Bertz CT molecular complexity index is 395. The highest BCUT2D eigenvalue weighted by Gasteiger charge is 2.23. The summed E-state index contributed by atoms with van der Waals surface area (Å²) in [5.41, 5.74) is 5.16. The van der Waals surface area contributed by atoms with Gasteiger partial charge in [-0.25, -0.2) is 0 Å². The van der Waals surface area contributed by atoms with Gasteiger partial charge in [-0.2, -0.15) is 5.48 Å². The Morgan fingerprint density at radius 2 is 2.19 bits per heavy atom. The first-order valence-electron chi connectivity index (χ1n) is 5.13. The summed E-state index contributed by atoms with van der Waals surface area (Å²) in [6.45, 7) is 3.04. The van der Waals surface area contributed by atoms with E-state index in [1.165, 1.54) is 5.56 Å². The highest BCUT2D eigenvalue weighted by atomic mass is 79.9. The number of nitrogens with one attached hydrogen (secondary N) is 1. The van der Waals surface area contributed by atoms with Gasteiger partial charge in [-0.3, -0.25) is 0 Å². The number of hydrogen-bond acceptors (Lipinski definition) is 4. The fraction of sp³-hybridized carbons (Fsp3) is 0.455. The van der Waals surface area contributed by atoms with Crippen LogP contribution in [0.15, 0.2) is 10.5 Å². The van der Waals surface area contributed by atoms with Crippen molar-refractivity contribution in [3.8, 4) is 11.5 Å². The largest absolute Gasteiger partial charge is 0.453 e. The maximum absolute atomic E-state index is 5.50. The van der Waals surface area contributed by atoms with Crippen LogP contribution in [0.1, 0.15) is 18.1 Å². The van der Waals surface area contributed by atoms with Gasteiger partial charge in [0.25, 0.3) is 0 Å². The first-order chi connectivity index (χ1) is 7.77. The van der Waals surface area contributed by atoms with E-state index in [4.69, 9.17) is 14.3 Å². The molecule has 0 saturated heterocycles. The lowest BCUT2D eigenvalue weighted by Gasteiger charge is -2.12. The van der Waals surface area contributed by atoms with Crippen molar-refractivity contribution < 1.29 is 14.3 Å². The van der Waals surface area contributed by atoms with E-state index in [0.717, 1.165) is 28.0 Å². The summed E-state index contributed by atoms with van der Waals surface area (Å²) >= 11 is 3.48. The SMILES string of the molecule is CCc1c(CNOC)cc(Br)c2c1OCO2. The van der Waals surface area contributed by atoms with Gasteiger partial charge in [-0.15, -0.1) is 0 Å². The molecule has 0 amide bonds. The van der Waals surface area contributed by atoms with Gasteiger partial charge in [-0.1, -0.05) is 6.92 Å². The number of hydroxylamine groups is 1. The van der Waals surface area contributed by atoms with Crippen LogP contribution in [-0.2, 0) is 17.8 Å². The minimum absolute atomic E-state index is 0.294. The van der Waals surface area contributed by atoms with E-state index in [1.54, 1.807) is 7.11 Å². The van der Waals surface area contributed by atoms with Crippen LogP contribution < -0.4 is 15.0 Å². The second-order valence-electron chi connectivity index (χ2n) is 3.44. The van der Waals surface area contributed by atoms with Crippen molar-refractivity contribution in [2.45, 2.75) is 19.9 Å². The van der Waals surface area contributed by atoms with Gasteiger partial charge in [0.05, 0.1) is 11.6 Å². The Labute approximate surface area is 103 Å². The first-order valence-corrected chi connectivity index (χ1v) is 5.93. The van der Waals surface area contributed by atoms with Gasteiger partial charge in [-0.05, 0) is 34.0 Å². The first kappa shape index (κ1) is 11.7. The van der Waals surface area contributed by atoms with Crippen molar-refractivity contribution in [1.29, 1.82) is 0 Å². The average molecular weight is 288 g/mol. The van der Waals surface area contributed by atoms with Crippen molar-refractivity contribution in [2.24, 2.45) is 0 Å². The van der Waals surface area contributed by atoms with E-state index in [0.29, 0.717) is 13.3 Å². The van der Waals surface area contributed by atoms with Gasteiger partial charge in [0, 0.05) is 12.1 Å². The topological polar surface area (TPSA) is 39.7 Å². The third kappa shape index (κ3) is 2.03. The van der Waals surface area contributed by atoms with Crippen molar-refractivity contribution >= 4 is 15.9 Å². The summed E-state index contributed by atoms with van der Waals surface area (Å²) in [4.78, 5) is 4.87. The fourth-order valence-corrected chi connectivity index (χ4v) is 2.40. The van der Waals surface area contributed by atoms with Crippen molar-refractivity contribution in [2.75, 3.05) is 13.9 Å². The lowest BCUT2D eigenvalue weighted by molar-refractivity contribution is 0.0865. The van der Waals surface area contributed by atoms with Gasteiger partial charge in [0.2, 0.25) is 6.79 Å². The highest BCUT2D eigenvalue weighted by Crippen LogP contribution is 2.43. The number of hydrogen-bond donors (Lipinski definition) is 1. The molecule has 1 aromatic rings. The average Bonchev–Trinajstić information content (AvgIpc) is 2.76. The quantitative estimate of drug-likeness (QED) is 0.864. The van der Waals surface area contributed by atoms with Gasteiger partial charge in [0.15, 0.2) is 11.5 Å². The van der Waals surface area contributed by atoms with E-state index in [2.05, 4.69) is 28.3 Å². The molecule has 0 fully saturated rings. The van der Waals surface area contributed by atoms with Crippen LogP contribution in [-0.4, -0.2) is 13.9 Å². The molecule has 1 aliphatic heterocycles. The zero-order valence-corrected chi connectivity index (χ0v) is 10.9. The number of rotatable bonds is 4. The van der Waals surface area contributed by atoms with Crippen LogP contribution in [0.5, 0.6) is 11.5 Å². The lowest BCUT2D eigenvalue weighted by atomic mass is 10.0. The zero-order chi connectivity index (χ0) is 11.5. The highest BCUT2D eigenvalue weighted by molar-refractivity contribution is 9.10. The van der Waals surface area contributed by atoms with Crippen LogP contribution in [0.3, 0.4) is 0 Å². The van der Waals surface area contributed by atoms with E-state index in [1.807, 2.05) is 6.07 Å². The zero-order valence-electron chi connectivity index (χ0n) is 9.30. The van der Waals surface area contributed by atoms with Crippen molar-refractivity contribution in [3.63, 3.8) is 0 Å². The molecular formula is C11H14BrNO3. The third-order valence-electron chi connectivity index (χ3n) is 2.55. The maximum atomic E-state index is 5.50. The molecule has 16 heavy (non-hydrogen) atoms. The third-order valence-corrected chi connectivity index (χ3v) is 3.14. The molecule has 0 spiro atoms. The van der Waals surface area contributed by atoms with Crippen LogP contribution >= 0.6 is 15.9 Å². The molecule has 0 saturated carbocycles. The van der Waals surface area contributed by atoms with Crippen molar-refractivity contribution in [1.82, 2.24) is 5.48 Å². The fourth-order valence-electron chi connectivity index (χ4n) is 1.83. The predicted octanol–water partition coefficient (Wildman–Crippen LogP) is 2.39. The van der Waals surface area contributed by atoms with Crippen LogP contribution in [0.4, 0.5) is 0 Å². The maximum Gasteiger partial charge on any atom is 0.231 e. The number of fused-ring (bicyclic) bond motifs is 1. The minimum atomic E-state index is 0.294. The van der Waals surface area contributed by atoms with Gasteiger partial charge in [0.1, 0.15) is 0 Å². The Morgan fingerprint density at radius 1 is 1.44 bits per heavy atom. The second-order valence-corrected chi connectivity index (χ2v) is 4.29. The summed E-state index contributed by atoms with van der Waals surface area (Å²) in [5.74, 6) is 1.66. The Hall–Kier alpha value is -0.780. The molecule has 1 aromatic carbocycles. The number of benzene rings is 1. The van der Waals surface area contributed by atoms with Crippen molar-refractivity contribution in [3.05, 3.63) is 21.7 Å². The molecule has 4 nitrogen and oxygen atoms in total. The van der Waals surface area contributed by atoms with E-state index >= 15 is 0 Å². The van der Waals surface area contributed by atoms with Crippen LogP contribution in [0.25, 0.3) is 0 Å². The van der Waals surface area contributed by atoms with Crippen LogP contribution in [0, 0.1) is 0 Å². The molecule has 5 heteroatoms. The normalized spacial score (nSPS) is 13.2. The molecule has 1 aliphatic rings. The molecule has 0 bridgehead atoms. The summed E-state index contributed by atoms with van der Waals surface area (Å²) in [7, 11) is 1.60. The van der Waals surface area contributed by atoms with Gasteiger partial charge >= 0.3 is 0 Å². The number of ether oxygens (including phenoxy) is 2. The molecule has 1 heterocycles. The van der Waals surface area contributed by atoms with E-state index in [-0.39, 0.29) is 0 Å². The minimum Gasteiger partial charge on any atom is -0.453 e. The molecule has 0 atom stereocenters. The lowest BCUT2D eigenvalue weighted by Crippen LogP contribution is -2.12. The van der Waals surface area contributed by atoms with Crippen LogP contribution in [0.2, 0.25) is 0 Å². The van der Waals surface area contributed by atoms with Gasteiger partial charge < -0.3 is 14.3 Å². The summed E-state index contributed by atoms with van der Waals surface area (Å²) in [5, 5.41) is 0. The Kier molecular flexibility index (Phi) is 3.68. The molecule has 0 aliphatic carbocycles. The summed E-state index contributed by atoms with van der Waals surface area (Å²) in [6.07, 6.45) is 0.902. The Balaban J connectivity index is 2.41. The Morgan fingerprint density at radius 3 is 2.88 bits per heavy atom. The molecule has 88 valence electrons. The molecule has 0 radical (unpaired) electrons. The molecule has 2 rings (SSSR count). The van der Waals surface area contributed by atoms with E-state index < -0.39 is 0 Å². The van der Waals surface area contributed by atoms with E-state index in [9.17, 15) is 0 Å².